The van der Waals surface area contributed by atoms with E-state index in [1.165, 1.54) is 11.8 Å². The van der Waals surface area contributed by atoms with E-state index in [0.717, 1.165) is 5.56 Å². The van der Waals surface area contributed by atoms with E-state index < -0.39 is 5.97 Å². The summed E-state index contributed by atoms with van der Waals surface area (Å²) >= 11 is 1.47. The summed E-state index contributed by atoms with van der Waals surface area (Å²) in [6.07, 6.45) is 0.334. The van der Waals surface area contributed by atoms with Crippen LogP contribution in [0.5, 0.6) is 11.5 Å². The van der Waals surface area contributed by atoms with E-state index in [-0.39, 0.29) is 23.9 Å². The second kappa shape index (κ2) is 10.6. The average molecular weight is 388 g/mol. The van der Waals surface area contributed by atoms with Crippen molar-refractivity contribution in [2.24, 2.45) is 0 Å². The Morgan fingerprint density at radius 1 is 1.11 bits per heavy atom. The molecular formula is C21H24O5S. The number of carboxylic acid groups (broad SMARTS) is 1. The summed E-state index contributed by atoms with van der Waals surface area (Å²) in [6, 6.07) is 14.7. The van der Waals surface area contributed by atoms with E-state index in [1.54, 1.807) is 19.2 Å². The van der Waals surface area contributed by atoms with Crippen molar-refractivity contribution < 1.29 is 24.2 Å². The molecule has 27 heavy (non-hydrogen) atoms. The summed E-state index contributed by atoms with van der Waals surface area (Å²) < 4.78 is 11.0. The van der Waals surface area contributed by atoms with Crippen LogP contribution in [-0.4, -0.2) is 36.3 Å². The van der Waals surface area contributed by atoms with Gasteiger partial charge < -0.3 is 14.6 Å². The second-order valence-corrected chi connectivity index (χ2v) is 7.15. The molecule has 0 saturated heterocycles. The average Bonchev–Trinajstić information content (AvgIpc) is 2.68. The van der Waals surface area contributed by atoms with Crippen molar-refractivity contribution in [3.05, 3.63) is 59.7 Å². The third kappa shape index (κ3) is 6.32. The maximum Gasteiger partial charge on any atom is 0.304 e. The van der Waals surface area contributed by atoms with E-state index in [4.69, 9.17) is 14.6 Å². The van der Waals surface area contributed by atoms with Gasteiger partial charge in [-0.3, -0.25) is 9.59 Å². The van der Waals surface area contributed by atoms with Gasteiger partial charge in [-0.25, -0.2) is 0 Å². The van der Waals surface area contributed by atoms with Crippen LogP contribution in [0.4, 0.5) is 0 Å². The summed E-state index contributed by atoms with van der Waals surface area (Å²) in [5.74, 6) is 0.853. The molecule has 2 aromatic rings. The van der Waals surface area contributed by atoms with Crippen LogP contribution in [0.1, 0.15) is 40.9 Å². The van der Waals surface area contributed by atoms with Crippen molar-refractivity contribution in [3.63, 3.8) is 0 Å². The molecule has 2 aromatic carbocycles. The lowest BCUT2D eigenvalue weighted by molar-refractivity contribution is -0.136. The van der Waals surface area contributed by atoms with Gasteiger partial charge in [-0.15, -0.1) is 0 Å². The first-order chi connectivity index (χ1) is 13.0. The summed E-state index contributed by atoms with van der Waals surface area (Å²) in [7, 11) is 1.57. The number of Topliss-reactive ketones (excluding diaryl/α,β-unsaturated/α-hetero) is 1. The number of benzene rings is 2. The fourth-order valence-electron chi connectivity index (χ4n) is 2.63. The summed E-state index contributed by atoms with van der Waals surface area (Å²) in [4.78, 5) is 23.5. The van der Waals surface area contributed by atoms with Gasteiger partial charge in [-0.2, -0.15) is 11.8 Å². The number of hydrogen-bond acceptors (Lipinski definition) is 5. The molecule has 0 aliphatic carbocycles. The number of hydrogen-bond donors (Lipinski definition) is 1. The normalized spacial score (nSPS) is 11.6. The van der Waals surface area contributed by atoms with Gasteiger partial charge in [0, 0.05) is 23.0 Å². The molecule has 1 N–H and O–H groups in total. The molecule has 0 bridgehead atoms. The van der Waals surface area contributed by atoms with Crippen molar-refractivity contribution in [1.29, 1.82) is 0 Å². The first kappa shape index (κ1) is 20.8. The van der Waals surface area contributed by atoms with Crippen LogP contribution in [0, 0.1) is 0 Å². The molecule has 0 aliphatic rings. The van der Waals surface area contributed by atoms with Crippen molar-refractivity contribution in [2.75, 3.05) is 19.5 Å². The number of carbonyl (C=O) groups is 2. The maximum atomic E-state index is 12.7. The highest BCUT2D eigenvalue weighted by atomic mass is 32.2. The first-order valence-corrected chi connectivity index (χ1v) is 9.82. The van der Waals surface area contributed by atoms with Gasteiger partial charge >= 0.3 is 5.97 Å². The Balaban J connectivity index is 2.23. The number of methoxy groups -OCH3 is 1. The number of rotatable bonds is 11. The Labute approximate surface area is 163 Å². The molecular weight excluding hydrogens is 364 g/mol. The number of ketones is 1. The van der Waals surface area contributed by atoms with Crippen molar-refractivity contribution in [2.45, 2.75) is 25.0 Å². The molecule has 0 aliphatic heterocycles. The number of carbonyl (C=O) groups excluding carboxylic acids is 1. The van der Waals surface area contributed by atoms with E-state index in [2.05, 4.69) is 0 Å². The molecule has 0 aromatic heterocycles. The molecule has 144 valence electrons. The second-order valence-electron chi connectivity index (χ2n) is 5.84. The molecule has 0 amide bonds. The predicted octanol–water partition coefficient (Wildman–Crippen LogP) is 4.62. The van der Waals surface area contributed by atoms with Gasteiger partial charge in [0.1, 0.15) is 0 Å². The largest absolute Gasteiger partial charge is 0.493 e. The fraction of sp³-hybridized carbons (Fsp3) is 0.333. The number of thioether (sulfide) groups is 1. The lowest BCUT2D eigenvalue weighted by Crippen LogP contribution is -2.07. The Hall–Kier alpha value is -2.47. The molecule has 0 saturated carbocycles. The van der Waals surface area contributed by atoms with E-state index >= 15 is 0 Å². The van der Waals surface area contributed by atoms with Crippen LogP contribution >= 0.6 is 11.8 Å². The van der Waals surface area contributed by atoms with Gasteiger partial charge in [-0.1, -0.05) is 36.4 Å². The van der Waals surface area contributed by atoms with Crippen molar-refractivity contribution in [1.82, 2.24) is 0 Å². The minimum Gasteiger partial charge on any atom is -0.493 e. The fourth-order valence-corrected chi connectivity index (χ4v) is 3.82. The third-order valence-corrected chi connectivity index (χ3v) is 5.24. The Bertz CT molecular complexity index is 760. The molecule has 1 atom stereocenters. The van der Waals surface area contributed by atoms with Crippen LogP contribution in [0.25, 0.3) is 0 Å². The van der Waals surface area contributed by atoms with Crippen molar-refractivity contribution >= 4 is 23.5 Å². The Morgan fingerprint density at radius 2 is 1.85 bits per heavy atom. The van der Waals surface area contributed by atoms with E-state index in [0.29, 0.717) is 29.4 Å². The first-order valence-electron chi connectivity index (χ1n) is 8.77. The van der Waals surface area contributed by atoms with Crippen LogP contribution < -0.4 is 9.47 Å². The zero-order valence-electron chi connectivity index (χ0n) is 15.5. The van der Waals surface area contributed by atoms with Gasteiger partial charge in [0.25, 0.3) is 0 Å². The summed E-state index contributed by atoms with van der Waals surface area (Å²) in [5, 5.41) is 8.75. The highest BCUT2D eigenvalue weighted by Crippen LogP contribution is 2.38. The number of aliphatic carboxylic acids is 1. The SMILES string of the molecule is CCOc1ccc(C(CC(=O)c2ccccc2)SCCC(=O)O)cc1OC. The lowest BCUT2D eigenvalue weighted by Gasteiger charge is -2.18. The minimum atomic E-state index is -0.847. The summed E-state index contributed by atoms with van der Waals surface area (Å²) in [5.41, 5.74) is 1.56. The highest BCUT2D eigenvalue weighted by molar-refractivity contribution is 7.99. The zero-order valence-corrected chi connectivity index (χ0v) is 16.3. The molecule has 1 unspecified atom stereocenters. The Kier molecular flexibility index (Phi) is 8.20. The number of ether oxygens (including phenoxy) is 2. The molecule has 0 radical (unpaired) electrons. The van der Waals surface area contributed by atoms with Gasteiger partial charge in [0.2, 0.25) is 0 Å². The molecule has 0 heterocycles. The van der Waals surface area contributed by atoms with Gasteiger partial charge in [-0.05, 0) is 24.6 Å². The monoisotopic (exact) mass is 388 g/mol. The Morgan fingerprint density at radius 3 is 2.48 bits per heavy atom. The van der Waals surface area contributed by atoms with Crippen LogP contribution in [0.3, 0.4) is 0 Å². The molecule has 6 heteroatoms. The molecule has 0 fully saturated rings. The topological polar surface area (TPSA) is 72.8 Å². The van der Waals surface area contributed by atoms with E-state index in [1.807, 2.05) is 43.3 Å². The summed E-state index contributed by atoms with van der Waals surface area (Å²) in [6.45, 7) is 2.43. The predicted molar refractivity (Wildman–Crippen MR) is 107 cm³/mol. The maximum absolute atomic E-state index is 12.7. The minimum absolute atomic E-state index is 0.0243. The standard InChI is InChI=1S/C21H24O5S/c1-3-26-18-10-9-16(13-19(18)25-2)20(27-12-11-21(23)24)14-17(22)15-7-5-4-6-8-15/h4-10,13,20H,3,11-12,14H2,1-2H3,(H,23,24). The lowest BCUT2D eigenvalue weighted by atomic mass is 10.0. The van der Waals surface area contributed by atoms with Crippen molar-refractivity contribution in [3.8, 4) is 11.5 Å². The number of carboxylic acids is 1. The smallest absolute Gasteiger partial charge is 0.304 e. The molecule has 2 rings (SSSR count). The van der Waals surface area contributed by atoms with Gasteiger partial charge in [0.15, 0.2) is 17.3 Å². The highest BCUT2D eigenvalue weighted by Gasteiger charge is 2.20. The van der Waals surface area contributed by atoms with Crippen LogP contribution in [0.15, 0.2) is 48.5 Å². The zero-order chi connectivity index (χ0) is 19.6. The van der Waals surface area contributed by atoms with Crippen LogP contribution in [-0.2, 0) is 4.79 Å². The third-order valence-electron chi connectivity index (χ3n) is 3.96. The molecule has 0 spiro atoms. The quantitative estimate of drug-likeness (QED) is 0.567. The molecule has 5 nitrogen and oxygen atoms in total. The van der Waals surface area contributed by atoms with Gasteiger partial charge in [0.05, 0.1) is 20.1 Å². The van der Waals surface area contributed by atoms with Crippen LogP contribution in [0.2, 0.25) is 0 Å². The van der Waals surface area contributed by atoms with E-state index in [9.17, 15) is 9.59 Å².